The van der Waals surface area contributed by atoms with Crippen LogP contribution in [0.4, 0.5) is 11.6 Å². The maximum absolute atomic E-state index is 12.9. The predicted molar refractivity (Wildman–Crippen MR) is 192 cm³/mol. The fourth-order valence-electron chi connectivity index (χ4n) is 6.93. The Morgan fingerprint density at radius 1 is 0.980 bits per heavy atom. The quantitative estimate of drug-likeness (QED) is 0.202. The number of aliphatic hydroxyl groups is 1. The Morgan fingerprint density at radius 2 is 1.73 bits per heavy atom. The molecule has 2 aliphatic heterocycles. The summed E-state index contributed by atoms with van der Waals surface area (Å²) in [6.45, 7) is 16.6. The molecule has 10 heteroatoms. The molecule has 0 radical (unpaired) electrons. The number of fused-ring (bicyclic) bond motifs is 1. The van der Waals surface area contributed by atoms with Crippen LogP contribution in [-0.4, -0.2) is 61.4 Å². The van der Waals surface area contributed by atoms with E-state index < -0.39 is 23.8 Å². The zero-order valence-corrected chi connectivity index (χ0v) is 29.7. The number of carboxylic acids is 1. The molecule has 2 aliphatic rings. The number of ether oxygens (including phenoxy) is 1. The molecule has 1 fully saturated rings. The number of pyridine rings is 2. The summed E-state index contributed by atoms with van der Waals surface area (Å²) in [5.74, 6) is -0.386. The summed E-state index contributed by atoms with van der Waals surface area (Å²) in [5.41, 5.74) is 7.74. The number of aliphatic hydroxyl groups excluding tert-OH is 1. The summed E-state index contributed by atoms with van der Waals surface area (Å²) in [6, 6.07) is 12.2. The number of hydrogen-bond acceptors (Lipinski definition) is 9. The van der Waals surface area contributed by atoms with E-state index in [2.05, 4.69) is 51.8 Å². The second-order valence-electron chi connectivity index (χ2n) is 15.1. The van der Waals surface area contributed by atoms with E-state index in [4.69, 9.17) is 14.7 Å². The molecule has 4 aromatic rings. The van der Waals surface area contributed by atoms with E-state index in [1.165, 1.54) is 11.1 Å². The van der Waals surface area contributed by atoms with Crippen LogP contribution in [0.15, 0.2) is 55.0 Å². The lowest BCUT2D eigenvalue weighted by Gasteiger charge is -2.41. The fourth-order valence-corrected chi connectivity index (χ4v) is 6.93. The zero-order valence-electron chi connectivity index (χ0n) is 29.7. The molecular formula is C39H48N6O4. The topological polar surface area (TPSA) is 125 Å². The van der Waals surface area contributed by atoms with Gasteiger partial charge in [0.1, 0.15) is 0 Å². The molecule has 258 valence electrons. The van der Waals surface area contributed by atoms with Gasteiger partial charge in [0.15, 0.2) is 6.10 Å². The Kier molecular flexibility index (Phi) is 9.48. The van der Waals surface area contributed by atoms with Crippen LogP contribution in [0.25, 0.3) is 22.4 Å². The fraction of sp³-hybridized carbons (Fsp3) is 0.462. The smallest absolute Gasteiger partial charge is 0.337 e. The first-order valence-electron chi connectivity index (χ1n) is 17.2. The third kappa shape index (κ3) is 7.45. The molecule has 0 spiro atoms. The van der Waals surface area contributed by atoms with Crippen LogP contribution in [0.2, 0.25) is 0 Å². The standard InChI is InChI=1S/C39H48N6O4/c1-24-31(35(36(47)48)49-38(3,4)5)34(44-19-14-39(6,7)15-20-44)32(33(42-24)25(2)46)27-10-11-29-23-45(18-13-26(29)21-27)37-41-17-12-30(43-37)28-9-8-16-40-22-28/h8-12,16-17,21-22,25,35,46H,13-15,18-20,23H2,1-7H3,(H,47,48)/t25?,35-/m0/s1. The number of hydrogen-bond donors (Lipinski definition) is 2. The van der Waals surface area contributed by atoms with Gasteiger partial charge in [-0.3, -0.25) is 9.97 Å². The summed E-state index contributed by atoms with van der Waals surface area (Å²) >= 11 is 0. The molecule has 3 aromatic heterocycles. The van der Waals surface area contributed by atoms with Gasteiger partial charge in [0.2, 0.25) is 5.95 Å². The number of anilines is 2. The van der Waals surface area contributed by atoms with E-state index in [-0.39, 0.29) is 5.41 Å². The minimum Gasteiger partial charge on any atom is -0.479 e. The van der Waals surface area contributed by atoms with Crippen LogP contribution in [0.3, 0.4) is 0 Å². The third-order valence-electron chi connectivity index (χ3n) is 9.60. The third-order valence-corrected chi connectivity index (χ3v) is 9.60. The summed E-state index contributed by atoms with van der Waals surface area (Å²) in [6.07, 6.45) is 5.94. The van der Waals surface area contributed by atoms with Crippen molar-refractivity contribution in [1.29, 1.82) is 0 Å². The maximum Gasteiger partial charge on any atom is 0.337 e. The van der Waals surface area contributed by atoms with Gasteiger partial charge in [-0.1, -0.05) is 32.0 Å². The minimum absolute atomic E-state index is 0.180. The highest BCUT2D eigenvalue weighted by atomic mass is 16.5. The second kappa shape index (κ2) is 13.5. The van der Waals surface area contributed by atoms with Crippen molar-refractivity contribution < 1.29 is 19.7 Å². The summed E-state index contributed by atoms with van der Waals surface area (Å²) in [5, 5.41) is 21.8. The highest BCUT2D eigenvalue weighted by Crippen LogP contribution is 2.46. The molecular weight excluding hydrogens is 616 g/mol. The van der Waals surface area contributed by atoms with Crippen LogP contribution in [0.5, 0.6) is 0 Å². The highest BCUT2D eigenvalue weighted by molar-refractivity contribution is 5.88. The van der Waals surface area contributed by atoms with E-state index >= 15 is 0 Å². The van der Waals surface area contributed by atoms with Gasteiger partial charge in [-0.05, 0) is 94.2 Å². The van der Waals surface area contributed by atoms with Crippen LogP contribution in [0, 0.1) is 12.3 Å². The van der Waals surface area contributed by atoms with Gasteiger partial charge in [0.25, 0.3) is 0 Å². The van der Waals surface area contributed by atoms with Crippen molar-refractivity contribution in [3.63, 3.8) is 0 Å². The van der Waals surface area contributed by atoms with Crippen molar-refractivity contribution in [3.8, 4) is 22.4 Å². The highest BCUT2D eigenvalue weighted by Gasteiger charge is 2.37. The van der Waals surface area contributed by atoms with E-state index in [1.807, 2.05) is 45.9 Å². The number of nitrogens with zero attached hydrogens (tertiary/aromatic N) is 6. The summed E-state index contributed by atoms with van der Waals surface area (Å²) in [7, 11) is 0. The Balaban J connectivity index is 1.44. The normalized spacial score (nSPS) is 17.4. The van der Waals surface area contributed by atoms with E-state index in [0.717, 1.165) is 67.0 Å². The van der Waals surface area contributed by atoms with Gasteiger partial charge in [-0.2, -0.15) is 0 Å². The van der Waals surface area contributed by atoms with Crippen LogP contribution >= 0.6 is 0 Å². The average molecular weight is 665 g/mol. The van der Waals surface area contributed by atoms with Gasteiger partial charge in [-0.25, -0.2) is 14.8 Å². The van der Waals surface area contributed by atoms with Crippen molar-refractivity contribution in [1.82, 2.24) is 19.9 Å². The number of aliphatic carboxylic acids is 1. The SMILES string of the molecule is Cc1nc(C(C)O)c(-c2ccc3c(c2)CCN(c2nccc(-c4cccnc4)n2)C3)c(N2CCC(C)(C)CC2)c1[C@H](OC(C)(C)C)C(=O)O. The first-order chi connectivity index (χ1) is 23.2. The summed E-state index contributed by atoms with van der Waals surface area (Å²) < 4.78 is 6.26. The van der Waals surface area contributed by atoms with Gasteiger partial charge < -0.3 is 24.7 Å². The molecule has 5 heterocycles. The molecule has 0 aliphatic carbocycles. The molecule has 1 unspecified atom stereocenters. The maximum atomic E-state index is 12.9. The van der Waals surface area contributed by atoms with Crippen LogP contribution in [0.1, 0.15) is 94.7 Å². The Morgan fingerprint density at radius 3 is 2.39 bits per heavy atom. The Hall–Kier alpha value is -4.41. The summed E-state index contributed by atoms with van der Waals surface area (Å²) in [4.78, 5) is 36.0. The molecule has 1 saturated heterocycles. The van der Waals surface area contributed by atoms with Crippen molar-refractivity contribution in [3.05, 3.63) is 83.1 Å². The predicted octanol–water partition coefficient (Wildman–Crippen LogP) is 7.09. The first kappa shape index (κ1) is 34.5. The molecule has 6 rings (SSSR count). The number of rotatable bonds is 8. The molecule has 10 nitrogen and oxygen atoms in total. The van der Waals surface area contributed by atoms with Crippen LogP contribution in [-0.2, 0) is 22.5 Å². The Bertz CT molecular complexity index is 1830. The minimum atomic E-state index is -1.23. The lowest BCUT2D eigenvalue weighted by Crippen LogP contribution is -2.39. The lowest BCUT2D eigenvalue weighted by molar-refractivity contribution is -0.160. The van der Waals surface area contributed by atoms with E-state index in [9.17, 15) is 15.0 Å². The van der Waals surface area contributed by atoms with Gasteiger partial charge in [0, 0.05) is 67.2 Å². The Labute approximate surface area is 289 Å². The molecule has 0 bridgehead atoms. The van der Waals surface area contributed by atoms with Crippen molar-refractivity contribution in [2.75, 3.05) is 29.4 Å². The second-order valence-corrected chi connectivity index (χ2v) is 15.1. The van der Waals surface area contributed by atoms with Gasteiger partial charge in [0.05, 0.1) is 28.8 Å². The average Bonchev–Trinajstić information content (AvgIpc) is 3.06. The van der Waals surface area contributed by atoms with Crippen molar-refractivity contribution >= 4 is 17.6 Å². The number of piperidine rings is 1. The van der Waals surface area contributed by atoms with Crippen molar-refractivity contribution in [2.24, 2.45) is 5.41 Å². The number of benzene rings is 1. The monoisotopic (exact) mass is 664 g/mol. The number of aryl methyl sites for hydroxylation is 1. The molecule has 49 heavy (non-hydrogen) atoms. The largest absolute Gasteiger partial charge is 0.479 e. The zero-order chi connectivity index (χ0) is 35.1. The number of carboxylic acid groups (broad SMARTS) is 1. The molecule has 2 N–H and O–H groups in total. The van der Waals surface area contributed by atoms with Gasteiger partial charge in [-0.15, -0.1) is 0 Å². The number of aromatic nitrogens is 4. The lowest BCUT2D eigenvalue weighted by atomic mass is 9.81. The van der Waals surface area contributed by atoms with Crippen LogP contribution < -0.4 is 9.80 Å². The molecule has 2 atom stereocenters. The molecule has 0 amide bonds. The number of carbonyl (C=O) groups is 1. The molecule has 0 saturated carbocycles. The van der Waals surface area contributed by atoms with E-state index in [0.29, 0.717) is 29.4 Å². The first-order valence-corrected chi connectivity index (χ1v) is 17.2. The van der Waals surface area contributed by atoms with Crippen molar-refractivity contribution in [2.45, 2.75) is 92.1 Å². The molecule has 1 aromatic carbocycles. The van der Waals surface area contributed by atoms with Gasteiger partial charge >= 0.3 is 5.97 Å². The van der Waals surface area contributed by atoms with E-state index in [1.54, 1.807) is 25.5 Å².